The second-order valence-electron chi connectivity index (χ2n) is 11.4. The molecule has 0 radical (unpaired) electrons. The van der Waals surface area contributed by atoms with E-state index >= 15 is 0 Å². The number of rotatable bonds is 6. The number of aryl methyl sites for hydroxylation is 2. The number of carbonyl (C=O) groups excluding carboxylic acids is 2. The van der Waals surface area contributed by atoms with Gasteiger partial charge in [0.15, 0.2) is 11.4 Å². The number of fused-ring (bicyclic) bond motifs is 2. The number of piperazine rings is 1. The van der Waals surface area contributed by atoms with Crippen molar-refractivity contribution < 1.29 is 14.0 Å². The first kappa shape index (κ1) is 27.8. The predicted octanol–water partition coefficient (Wildman–Crippen LogP) is 3.99. The number of benzene rings is 2. The van der Waals surface area contributed by atoms with E-state index < -0.39 is 0 Å². The third-order valence-corrected chi connectivity index (χ3v) is 8.51. The number of carbonyl (C=O) groups is 2. The van der Waals surface area contributed by atoms with Gasteiger partial charge in [0.05, 0.1) is 13.1 Å². The first-order chi connectivity index (χ1) is 21.4. The Balaban J connectivity index is 1.08. The van der Waals surface area contributed by atoms with Crippen molar-refractivity contribution >= 4 is 28.6 Å². The summed E-state index contributed by atoms with van der Waals surface area (Å²) >= 11 is 0. The highest BCUT2D eigenvalue weighted by Gasteiger charge is 2.38. The van der Waals surface area contributed by atoms with Gasteiger partial charge in [-0.3, -0.25) is 19.5 Å². The van der Waals surface area contributed by atoms with E-state index in [4.69, 9.17) is 4.42 Å². The van der Waals surface area contributed by atoms with Crippen LogP contribution in [0.5, 0.6) is 0 Å². The summed E-state index contributed by atoms with van der Waals surface area (Å²) in [5.41, 5.74) is 5.59. The van der Waals surface area contributed by atoms with Crippen molar-refractivity contribution in [3.05, 3.63) is 83.4 Å². The molecule has 1 aliphatic carbocycles. The molecule has 2 aromatic carbocycles. The third-order valence-electron chi connectivity index (χ3n) is 8.51. The third kappa shape index (κ3) is 5.44. The van der Waals surface area contributed by atoms with Gasteiger partial charge in [-0.25, -0.2) is 4.98 Å². The van der Waals surface area contributed by atoms with Crippen LogP contribution in [0.3, 0.4) is 0 Å². The van der Waals surface area contributed by atoms with Crippen LogP contribution in [0.4, 0.5) is 5.69 Å². The molecule has 224 valence electrons. The topological polar surface area (TPSA) is 135 Å². The second-order valence-corrected chi connectivity index (χ2v) is 11.4. The average molecular weight is 592 g/mol. The Labute approximate surface area is 254 Å². The molecule has 3 aromatic heterocycles. The van der Waals surface area contributed by atoms with Crippen molar-refractivity contribution in [2.75, 3.05) is 31.5 Å². The van der Waals surface area contributed by atoms with Gasteiger partial charge in [0.2, 0.25) is 11.8 Å². The highest BCUT2D eigenvalue weighted by Crippen LogP contribution is 2.42. The van der Waals surface area contributed by atoms with E-state index in [9.17, 15) is 9.59 Å². The fraction of sp³-hybridized carbons (Fsp3) is 0.344. The lowest BCUT2D eigenvalue weighted by atomic mass is 9.78. The smallest absolute Gasteiger partial charge is 0.272 e. The minimum atomic E-state index is -0.161. The van der Waals surface area contributed by atoms with Crippen LogP contribution in [0, 0.1) is 0 Å². The van der Waals surface area contributed by atoms with Gasteiger partial charge >= 0.3 is 0 Å². The minimum Gasteiger partial charge on any atom is -0.436 e. The number of nitrogens with zero attached hydrogens (tertiary/aromatic N) is 8. The Morgan fingerprint density at radius 3 is 2.68 bits per heavy atom. The lowest BCUT2D eigenvalue weighted by Crippen LogP contribution is -2.51. The van der Waals surface area contributed by atoms with Crippen molar-refractivity contribution in [3.63, 3.8) is 0 Å². The van der Waals surface area contributed by atoms with E-state index in [2.05, 4.69) is 59.9 Å². The van der Waals surface area contributed by atoms with Crippen LogP contribution in [-0.2, 0) is 18.3 Å². The molecule has 1 N–H and O–H groups in total. The fourth-order valence-electron chi connectivity index (χ4n) is 6.51. The SMILES string of the molecule is CC(=O)Nc1ccc2oc(-c3ccnc(C(=O)N4CCN(C(c5nnn(C)n5)C5CCCc6ccccc65)CC4)c3)nc2c1. The summed E-state index contributed by atoms with van der Waals surface area (Å²) in [4.78, 5) is 39.8. The molecule has 12 heteroatoms. The molecule has 2 unspecified atom stereocenters. The molecule has 1 aliphatic heterocycles. The molecule has 1 saturated heterocycles. The number of aromatic nitrogens is 6. The Kier molecular flexibility index (Phi) is 7.34. The molecule has 0 saturated carbocycles. The van der Waals surface area contributed by atoms with E-state index in [1.165, 1.54) is 22.8 Å². The lowest BCUT2D eigenvalue weighted by molar-refractivity contribution is -0.114. The molecule has 7 rings (SSSR count). The zero-order valence-corrected chi connectivity index (χ0v) is 24.7. The summed E-state index contributed by atoms with van der Waals surface area (Å²) in [5, 5.41) is 16.0. The van der Waals surface area contributed by atoms with Gasteiger partial charge in [0, 0.05) is 56.5 Å². The van der Waals surface area contributed by atoms with Gasteiger partial charge in [-0.2, -0.15) is 4.80 Å². The van der Waals surface area contributed by atoms with Crippen LogP contribution in [0.15, 0.2) is 65.2 Å². The molecule has 4 heterocycles. The van der Waals surface area contributed by atoms with Gasteiger partial charge in [0.25, 0.3) is 5.91 Å². The number of tetrazole rings is 1. The van der Waals surface area contributed by atoms with E-state index in [0.29, 0.717) is 60.1 Å². The monoisotopic (exact) mass is 591 g/mol. The summed E-state index contributed by atoms with van der Waals surface area (Å²) in [6, 6.07) is 17.4. The number of hydrogen-bond donors (Lipinski definition) is 1. The highest BCUT2D eigenvalue weighted by molar-refractivity contribution is 5.94. The van der Waals surface area contributed by atoms with Gasteiger partial charge in [-0.1, -0.05) is 24.3 Å². The van der Waals surface area contributed by atoms with Crippen LogP contribution in [0.2, 0.25) is 0 Å². The summed E-state index contributed by atoms with van der Waals surface area (Å²) in [6.07, 6.45) is 4.87. The number of oxazole rings is 1. The van der Waals surface area contributed by atoms with Crippen molar-refractivity contribution in [2.24, 2.45) is 7.05 Å². The van der Waals surface area contributed by atoms with Crippen LogP contribution in [0.1, 0.15) is 59.2 Å². The molecule has 0 bridgehead atoms. The van der Waals surface area contributed by atoms with Crippen LogP contribution < -0.4 is 5.32 Å². The van der Waals surface area contributed by atoms with Crippen molar-refractivity contribution in [2.45, 2.75) is 38.1 Å². The van der Waals surface area contributed by atoms with E-state index in [0.717, 1.165) is 25.1 Å². The molecular weight excluding hydrogens is 558 g/mol. The molecule has 1 fully saturated rings. The molecule has 5 aromatic rings. The molecule has 2 atom stereocenters. The second kappa shape index (κ2) is 11.6. The number of anilines is 1. The molecular formula is C32H33N9O3. The molecule has 2 amide bonds. The molecule has 44 heavy (non-hydrogen) atoms. The van der Waals surface area contributed by atoms with E-state index in [-0.39, 0.29) is 23.8 Å². The standard InChI is InChI=1S/C32H33N9O3/c1-20(42)34-23-10-11-28-26(19-23)35-31(44-28)22-12-13-33-27(18-22)32(43)41-16-14-40(15-17-41)29(30-36-38-39(2)37-30)25-9-5-7-21-6-3-4-8-24(21)25/h3-4,6,8,10-13,18-19,25,29H,5,7,9,14-17H2,1-2H3,(H,34,42). The van der Waals surface area contributed by atoms with E-state index in [1.807, 2.05) is 4.90 Å². The Hall–Kier alpha value is -4.97. The Bertz CT molecular complexity index is 1840. The van der Waals surface area contributed by atoms with Crippen molar-refractivity contribution in [3.8, 4) is 11.5 Å². The fourth-order valence-corrected chi connectivity index (χ4v) is 6.51. The summed E-state index contributed by atoms with van der Waals surface area (Å²) in [5.74, 6) is 1.08. The number of pyridine rings is 1. The quantitative estimate of drug-likeness (QED) is 0.311. The zero-order valence-electron chi connectivity index (χ0n) is 24.7. The summed E-state index contributed by atoms with van der Waals surface area (Å²) < 4.78 is 5.96. The van der Waals surface area contributed by atoms with Crippen molar-refractivity contribution in [1.82, 2.24) is 40.0 Å². The van der Waals surface area contributed by atoms with Crippen LogP contribution >= 0.6 is 0 Å². The maximum absolute atomic E-state index is 13.6. The largest absolute Gasteiger partial charge is 0.436 e. The molecule has 12 nitrogen and oxygen atoms in total. The van der Waals surface area contributed by atoms with Crippen molar-refractivity contribution in [1.29, 1.82) is 0 Å². The number of amides is 2. The lowest BCUT2D eigenvalue weighted by Gasteiger charge is -2.42. The Morgan fingerprint density at radius 1 is 1.05 bits per heavy atom. The number of hydrogen-bond acceptors (Lipinski definition) is 9. The van der Waals surface area contributed by atoms with Gasteiger partial charge in [-0.05, 0) is 65.9 Å². The first-order valence-electron chi connectivity index (χ1n) is 14.9. The number of nitrogens with one attached hydrogen (secondary N) is 1. The van der Waals surface area contributed by atoms with Gasteiger partial charge in [0.1, 0.15) is 11.2 Å². The normalized spacial score (nSPS) is 17.8. The maximum Gasteiger partial charge on any atom is 0.272 e. The molecule has 2 aliphatic rings. The zero-order chi connectivity index (χ0) is 30.2. The summed E-state index contributed by atoms with van der Waals surface area (Å²) in [6.45, 7) is 3.95. The maximum atomic E-state index is 13.6. The molecule has 0 spiro atoms. The first-order valence-corrected chi connectivity index (χ1v) is 14.9. The predicted molar refractivity (Wildman–Crippen MR) is 163 cm³/mol. The highest BCUT2D eigenvalue weighted by atomic mass is 16.3. The van der Waals surface area contributed by atoms with Gasteiger partial charge in [-0.15, -0.1) is 10.2 Å². The van der Waals surface area contributed by atoms with Gasteiger partial charge < -0.3 is 14.6 Å². The summed E-state index contributed by atoms with van der Waals surface area (Å²) in [7, 11) is 1.80. The van der Waals surface area contributed by atoms with Crippen LogP contribution in [0.25, 0.3) is 22.6 Å². The Morgan fingerprint density at radius 2 is 1.89 bits per heavy atom. The average Bonchev–Trinajstić information content (AvgIpc) is 3.67. The van der Waals surface area contributed by atoms with E-state index in [1.54, 1.807) is 43.6 Å². The minimum absolute atomic E-state index is 0.0193. The van der Waals surface area contributed by atoms with Crippen LogP contribution in [-0.4, -0.2) is 78.0 Å².